The van der Waals surface area contributed by atoms with Crippen molar-refractivity contribution in [1.82, 2.24) is 5.48 Å². The van der Waals surface area contributed by atoms with Gasteiger partial charge >= 0.3 is 0 Å². The van der Waals surface area contributed by atoms with Crippen LogP contribution in [0.15, 0.2) is 0 Å². The Morgan fingerprint density at radius 3 is 2.56 bits per heavy atom. The Morgan fingerprint density at radius 2 is 2.00 bits per heavy atom. The van der Waals surface area contributed by atoms with E-state index in [0.29, 0.717) is 0 Å². The molecule has 55 valence electrons. The van der Waals surface area contributed by atoms with Crippen LogP contribution in [0.4, 0.5) is 0 Å². The normalized spacial score (nSPS) is 10.0. The van der Waals surface area contributed by atoms with E-state index < -0.39 is 0 Å². The van der Waals surface area contributed by atoms with Crippen molar-refractivity contribution in [3.05, 3.63) is 0 Å². The molecule has 0 N–H and O–H groups in total. The molecule has 0 bridgehead atoms. The topological polar surface area (TPSA) is 23.3 Å². The second kappa shape index (κ2) is 7.92. The van der Waals surface area contributed by atoms with Gasteiger partial charge in [0.05, 0.1) is 6.61 Å². The summed E-state index contributed by atoms with van der Waals surface area (Å²) in [5.74, 6) is 0. The first-order valence-electron chi connectivity index (χ1n) is 3.70. The number of nitrogens with zero attached hydrogens (tertiary/aromatic N) is 1. The van der Waals surface area contributed by atoms with Crippen molar-refractivity contribution in [1.29, 1.82) is 0 Å². The van der Waals surface area contributed by atoms with E-state index in [1.54, 1.807) is 0 Å². The van der Waals surface area contributed by atoms with Crippen LogP contribution in [0.1, 0.15) is 33.1 Å². The highest BCUT2D eigenvalue weighted by molar-refractivity contribution is 4.30. The van der Waals surface area contributed by atoms with Gasteiger partial charge < -0.3 is 0 Å². The molecule has 0 aliphatic heterocycles. The Balaban J connectivity index is 2.60. The van der Waals surface area contributed by atoms with Gasteiger partial charge in [0.25, 0.3) is 0 Å². The molecule has 0 aromatic heterocycles. The minimum atomic E-state index is 0.788. The lowest BCUT2D eigenvalue weighted by atomic mass is 10.4. The van der Waals surface area contributed by atoms with Gasteiger partial charge in [0.15, 0.2) is 0 Å². The summed E-state index contributed by atoms with van der Waals surface area (Å²) < 4.78 is 0. The fourth-order valence-corrected chi connectivity index (χ4v) is 0.429. The molecule has 0 saturated carbocycles. The zero-order valence-corrected chi connectivity index (χ0v) is 6.39. The van der Waals surface area contributed by atoms with Gasteiger partial charge in [0.2, 0.25) is 0 Å². The molecular weight excluding hydrogens is 114 g/mol. The summed E-state index contributed by atoms with van der Waals surface area (Å²) >= 11 is 0. The summed E-state index contributed by atoms with van der Waals surface area (Å²) in [7, 11) is 0. The van der Waals surface area contributed by atoms with Crippen LogP contribution in [0.25, 0.3) is 0 Å². The zero-order valence-electron chi connectivity index (χ0n) is 6.39. The maximum Gasteiger partial charge on any atom is 0.0702 e. The predicted octanol–water partition coefficient (Wildman–Crippen LogP) is 1.73. The van der Waals surface area contributed by atoms with Gasteiger partial charge in [-0.2, -0.15) is 0 Å². The number of hydrogen-bond donors (Lipinski definition) is 0. The third kappa shape index (κ3) is 7.92. The molecule has 9 heavy (non-hydrogen) atoms. The van der Waals surface area contributed by atoms with Crippen molar-refractivity contribution >= 4 is 0 Å². The molecular formula is C7H16NO. The van der Waals surface area contributed by atoms with Gasteiger partial charge in [-0.1, -0.05) is 25.7 Å². The van der Waals surface area contributed by atoms with E-state index in [4.69, 9.17) is 4.84 Å². The molecule has 0 aromatic carbocycles. The van der Waals surface area contributed by atoms with Gasteiger partial charge in [0, 0.05) is 6.54 Å². The molecule has 0 fully saturated rings. The lowest BCUT2D eigenvalue weighted by Gasteiger charge is -1.98. The smallest absolute Gasteiger partial charge is 0.0702 e. The van der Waals surface area contributed by atoms with Crippen LogP contribution in [-0.2, 0) is 4.84 Å². The Kier molecular flexibility index (Phi) is 7.85. The first-order valence-corrected chi connectivity index (χ1v) is 3.70. The molecule has 2 heteroatoms. The molecule has 1 radical (unpaired) electrons. The summed E-state index contributed by atoms with van der Waals surface area (Å²) in [5, 5.41) is 0. The van der Waals surface area contributed by atoms with E-state index in [2.05, 4.69) is 19.3 Å². The Labute approximate surface area is 57.5 Å². The van der Waals surface area contributed by atoms with E-state index >= 15 is 0 Å². The van der Waals surface area contributed by atoms with Crippen LogP contribution in [0.3, 0.4) is 0 Å². The third-order valence-corrected chi connectivity index (χ3v) is 0.995. The first-order chi connectivity index (χ1) is 4.41. The molecule has 0 heterocycles. The Bertz CT molecular complexity index is 42.2. The fourth-order valence-electron chi connectivity index (χ4n) is 0.429. The third-order valence-electron chi connectivity index (χ3n) is 0.995. The highest BCUT2D eigenvalue weighted by Gasteiger charge is 1.85. The van der Waals surface area contributed by atoms with Crippen molar-refractivity contribution in [2.45, 2.75) is 33.1 Å². The van der Waals surface area contributed by atoms with Crippen molar-refractivity contribution in [2.75, 3.05) is 13.2 Å². The molecule has 2 nitrogen and oxygen atoms in total. The van der Waals surface area contributed by atoms with E-state index in [1.807, 2.05) is 0 Å². The SMILES string of the molecule is CCCCO[N]CCC. The summed E-state index contributed by atoms with van der Waals surface area (Å²) in [4.78, 5) is 4.94. The maximum atomic E-state index is 4.94. The molecule has 0 spiro atoms. The minimum Gasteiger partial charge on any atom is -0.282 e. The summed E-state index contributed by atoms with van der Waals surface area (Å²) in [5.41, 5.74) is 3.83. The maximum absolute atomic E-state index is 4.94. The molecule has 0 atom stereocenters. The quantitative estimate of drug-likeness (QED) is 0.396. The lowest BCUT2D eigenvalue weighted by Crippen LogP contribution is -2.07. The van der Waals surface area contributed by atoms with Crippen LogP contribution in [-0.4, -0.2) is 13.2 Å². The predicted molar refractivity (Wildman–Crippen MR) is 38.2 cm³/mol. The van der Waals surface area contributed by atoms with Gasteiger partial charge in [-0.25, -0.2) is 0 Å². The molecule has 0 unspecified atom stereocenters. The molecule has 0 aliphatic carbocycles. The van der Waals surface area contributed by atoms with Gasteiger partial charge in [-0.15, -0.1) is 0 Å². The number of unbranched alkanes of at least 4 members (excludes halogenated alkanes) is 1. The fraction of sp³-hybridized carbons (Fsp3) is 1.00. The largest absolute Gasteiger partial charge is 0.282 e. The highest BCUT2D eigenvalue weighted by atomic mass is 16.6. The second-order valence-corrected chi connectivity index (χ2v) is 2.04. The monoisotopic (exact) mass is 130 g/mol. The molecule has 0 rings (SSSR count). The van der Waals surface area contributed by atoms with Crippen LogP contribution in [0.2, 0.25) is 0 Å². The molecule has 0 aliphatic rings. The standard InChI is InChI=1S/C7H16NO/c1-3-5-7-9-8-6-4-2/h3-7H2,1-2H3. The van der Waals surface area contributed by atoms with E-state index in [-0.39, 0.29) is 0 Å². The second-order valence-electron chi connectivity index (χ2n) is 2.04. The van der Waals surface area contributed by atoms with Gasteiger partial charge in [0.1, 0.15) is 0 Å². The Morgan fingerprint density at radius 1 is 1.22 bits per heavy atom. The number of hydrogen-bond acceptors (Lipinski definition) is 1. The molecule has 0 saturated heterocycles. The van der Waals surface area contributed by atoms with E-state index in [1.165, 1.54) is 6.42 Å². The summed E-state index contributed by atoms with van der Waals surface area (Å²) in [6.07, 6.45) is 3.38. The van der Waals surface area contributed by atoms with Crippen LogP contribution >= 0.6 is 0 Å². The number of rotatable bonds is 6. The average Bonchev–Trinajstić information content (AvgIpc) is 1.89. The van der Waals surface area contributed by atoms with Crippen LogP contribution in [0, 0.1) is 0 Å². The van der Waals surface area contributed by atoms with Crippen molar-refractivity contribution < 1.29 is 4.84 Å². The van der Waals surface area contributed by atoms with E-state index in [0.717, 1.165) is 26.0 Å². The van der Waals surface area contributed by atoms with Crippen molar-refractivity contribution in [3.8, 4) is 0 Å². The number of hydroxylamine groups is 1. The highest BCUT2D eigenvalue weighted by Crippen LogP contribution is 1.85. The molecule has 0 aromatic rings. The summed E-state index contributed by atoms with van der Waals surface area (Å²) in [6, 6.07) is 0. The van der Waals surface area contributed by atoms with Gasteiger partial charge in [-0.3, -0.25) is 4.84 Å². The van der Waals surface area contributed by atoms with Gasteiger partial charge in [-0.05, 0) is 12.8 Å². The Hall–Kier alpha value is -0.0800. The summed E-state index contributed by atoms with van der Waals surface area (Å²) in [6.45, 7) is 5.86. The first kappa shape index (κ1) is 8.92. The van der Waals surface area contributed by atoms with Crippen LogP contribution < -0.4 is 5.48 Å². The van der Waals surface area contributed by atoms with Crippen molar-refractivity contribution in [2.24, 2.45) is 0 Å². The average molecular weight is 130 g/mol. The lowest BCUT2D eigenvalue weighted by molar-refractivity contribution is 0.0314. The molecule has 0 amide bonds. The zero-order chi connectivity index (χ0) is 6.95. The van der Waals surface area contributed by atoms with E-state index in [9.17, 15) is 0 Å². The van der Waals surface area contributed by atoms with Crippen molar-refractivity contribution in [3.63, 3.8) is 0 Å². The minimum absolute atomic E-state index is 0.788. The van der Waals surface area contributed by atoms with Crippen LogP contribution in [0.5, 0.6) is 0 Å².